The highest BCUT2D eigenvalue weighted by Crippen LogP contribution is 2.26. The lowest BCUT2D eigenvalue weighted by Gasteiger charge is -2.33. The molecule has 4 rings (SSSR count). The monoisotopic (exact) mass is 369 g/mol. The molecule has 3 amide bonds. The zero-order chi connectivity index (χ0) is 18.8. The molecule has 1 aliphatic heterocycles. The lowest BCUT2D eigenvalue weighted by Crippen LogP contribution is -2.49. The van der Waals surface area contributed by atoms with Crippen LogP contribution in [-0.4, -0.2) is 36.0 Å². The largest absolute Gasteiger partial charge is 0.353 e. The zero-order valence-electron chi connectivity index (χ0n) is 16.3. The second kappa shape index (κ2) is 7.91. The molecule has 0 aromatic heterocycles. The van der Waals surface area contributed by atoms with Gasteiger partial charge in [-0.05, 0) is 75.0 Å². The van der Waals surface area contributed by atoms with Crippen LogP contribution in [0.15, 0.2) is 18.2 Å². The molecule has 2 fully saturated rings. The molecule has 2 aliphatic carbocycles. The zero-order valence-corrected chi connectivity index (χ0v) is 16.3. The minimum Gasteiger partial charge on any atom is -0.353 e. The predicted octanol–water partition coefficient (Wildman–Crippen LogP) is 3.33. The molecule has 0 bridgehead atoms. The molecule has 27 heavy (non-hydrogen) atoms. The quantitative estimate of drug-likeness (QED) is 0.855. The number of likely N-dealkylation sites (tertiary alicyclic amines) is 1. The number of nitrogens with one attached hydrogen (secondary N) is 2. The van der Waals surface area contributed by atoms with Crippen LogP contribution in [0.5, 0.6) is 0 Å². The van der Waals surface area contributed by atoms with Crippen LogP contribution in [0, 0.1) is 5.92 Å². The van der Waals surface area contributed by atoms with Crippen LogP contribution in [-0.2, 0) is 17.6 Å². The van der Waals surface area contributed by atoms with Crippen molar-refractivity contribution in [2.24, 2.45) is 5.92 Å². The molecule has 2 unspecified atom stereocenters. The van der Waals surface area contributed by atoms with Gasteiger partial charge in [-0.3, -0.25) is 4.79 Å². The van der Waals surface area contributed by atoms with Crippen molar-refractivity contribution >= 4 is 11.9 Å². The fraction of sp³-hybridized carbons (Fsp3) is 0.636. The Hall–Kier alpha value is -2.04. The SMILES string of the molecule is CC(NC(=O)N1CCCC(C(=O)NC2CC2)C1)c1ccc2c(c1)CCCC2. The van der Waals surface area contributed by atoms with Crippen molar-refractivity contribution in [1.82, 2.24) is 15.5 Å². The number of carbonyl (C=O) groups is 2. The first-order chi connectivity index (χ1) is 13.1. The van der Waals surface area contributed by atoms with E-state index < -0.39 is 0 Å². The van der Waals surface area contributed by atoms with E-state index >= 15 is 0 Å². The summed E-state index contributed by atoms with van der Waals surface area (Å²) in [6.07, 6.45) is 8.83. The number of hydrogen-bond donors (Lipinski definition) is 2. The minimum absolute atomic E-state index is 0.0228. The number of piperidine rings is 1. The molecule has 0 radical (unpaired) electrons. The van der Waals surface area contributed by atoms with Gasteiger partial charge in [-0.25, -0.2) is 4.79 Å². The fourth-order valence-corrected chi connectivity index (χ4v) is 4.30. The molecular weight excluding hydrogens is 338 g/mol. The number of amides is 3. The molecule has 1 heterocycles. The van der Waals surface area contributed by atoms with Crippen molar-refractivity contribution in [2.45, 2.75) is 70.4 Å². The summed E-state index contributed by atoms with van der Waals surface area (Å²) in [6, 6.07) is 6.95. The van der Waals surface area contributed by atoms with E-state index in [1.807, 2.05) is 11.8 Å². The first-order valence-electron chi connectivity index (χ1n) is 10.6. The third-order valence-corrected chi connectivity index (χ3v) is 6.22. The lowest BCUT2D eigenvalue weighted by molar-refractivity contribution is -0.126. The van der Waals surface area contributed by atoms with Gasteiger partial charge in [0.1, 0.15) is 0 Å². The maximum atomic E-state index is 12.8. The summed E-state index contributed by atoms with van der Waals surface area (Å²) in [4.78, 5) is 26.9. The summed E-state index contributed by atoms with van der Waals surface area (Å²) in [6.45, 7) is 3.31. The number of carbonyl (C=O) groups excluding carboxylic acids is 2. The molecule has 5 nitrogen and oxygen atoms in total. The van der Waals surface area contributed by atoms with Gasteiger partial charge in [-0.15, -0.1) is 0 Å². The molecule has 2 N–H and O–H groups in total. The summed E-state index contributed by atoms with van der Waals surface area (Å²) < 4.78 is 0. The maximum Gasteiger partial charge on any atom is 0.317 e. The topological polar surface area (TPSA) is 61.4 Å². The molecule has 1 aromatic rings. The minimum atomic E-state index is -0.0656. The number of benzene rings is 1. The van der Waals surface area contributed by atoms with E-state index in [0.29, 0.717) is 12.6 Å². The van der Waals surface area contributed by atoms with Crippen molar-refractivity contribution in [1.29, 1.82) is 0 Å². The van der Waals surface area contributed by atoms with Gasteiger partial charge in [-0.2, -0.15) is 0 Å². The molecule has 3 aliphatic rings. The average molecular weight is 370 g/mol. The normalized spacial score (nSPS) is 23.3. The number of fused-ring (bicyclic) bond motifs is 1. The van der Waals surface area contributed by atoms with Crippen LogP contribution in [0.2, 0.25) is 0 Å². The van der Waals surface area contributed by atoms with E-state index in [4.69, 9.17) is 0 Å². The highest BCUT2D eigenvalue weighted by molar-refractivity contribution is 5.81. The molecule has 1 aromatic carbocycles. The Balaban J connectivity index is 1.34. The van der Waals surface area contributed by atoms with Crippen molar-refractivity contribution in [2.75, 3.05) is 13.1 Å². The van der Waals surface area contributed by atoms with Gasteiger partial charge in [0.15, 0.2) is 0 Å². The Labute approximate surface area is 161 Å². The van der Waals surface area contributed by atoms with E-state index in [-0.39, 0.29) is 23.9 Å². The second-order valence-electron chi connectivity index (χ2n) is 8.47. The van der Waals surface area contributed by atoms with Crippen molar-refractivity contribution in [3.05, 3.63) is 34.9 Å². The summed E-state index contributed by atoms with van der Waals surface area (Å²) in [7, 11) is 0. The number of hydrogen-bond acceptors (Lipinski definition) is 2. The standard InChI is InChI=1S/C22H31N3O2/c1-15(17-9-8-16-5-2-3-6-18(16)13-17)23-22(27)25-12-4-7-19(14-25)21(26)24-20-10-11-20/h8-9,13,15,19-20H,2-7,10-12,14H2,1H3,(H,23,27)(H,24,26). The van der Waals surface area contributed by atoms with Gasteiger partial charge in [0.25, 0.3) is 0 Å². The van der Waals surface area contributed by atoms with E-state index in [1.165, 1.54) is 36.0 Å². The van der Waals surface area contributed by atoms with Gasteiger partial charge in [0.2, 0.25) is 5.91 Å². The van der Waals surface area contributed by atoms with Gasteiger partial charge < -0.3 is 15.5 Å². The number of rotatable bonds is 4. The summed E-state index contributed by atoms with van der Waals surface area (Å²) in [5, 5.41) is 6.22. The Bertz CT molecular complexity index is 714. The first-order valence-corrected chi connectivity index (χ1v) is 10.6. The second-order valence-corrected chi connectivity index (χ2v) is 8.47. The molecule has 146 valence electrons. The molecule has 1 saturated heterocycles. The molecular formula is C22H31N3O2. The lowest BCUT2D eigenvalue weighted by atomic mass is 9.89. The first kappa shape index (κ1) is 18.3. The van der Waals surface area contributed by atoms with Gasteiger partial charge >= 0.3 is 6.03 Å². The van der Waals surface area contributed by atoms with E-state index in [9.17, 15) is 9.59 Å². The number of nitrogens with zero attached hydrogens (tertiary/aromatic N) is 1. The Morgan fingerprint density at radius 2 is 1.85 bits per heavy atom. The third-order valence-electron chi connectivity index (χ3n) is 6.22. The van der Waals surface area contributed by atoms with Crippen LogP contribution in [0.3, 0.4) is 0 Å². The molecule has 5 heteroatoms. The Morgan fingerprint density at radius 1 is 1.07 bits per heavy atom. The van der Waals surface area contributed by atoms with Crippen molar-refractivity contribution in [3.8, 4) is 0 Å². The summed E-state index contributed by atoms with van der Waals surface area (Å²) in [5.74, 6) is 0.0573. The predicted molar refractivity (Wildman–Crippen MR) is 105 cm³/mol. The third kappa shape index (κ3) is 4.45. The Morgan fingerprint density at radius 3 is 2.63 bits per heavy atom. The molecule has 0 spiro atoms. The summed E-state index contributed by atoms with van der Waals surface area (Å²) in [5.41, 5.74) is 4.07. The van der Waals surface area contributed by atoms with E-state index in [1.54, 1.807) is 0 Å². The number of urea groups is 1. The fourth-order valence-electron chi connectivity index (χ4n) is 4.30. The van der Waals surface area contributed by atoms with Gasteiger partial charge in [-0.1, -0.05) is 18.2 Å². The van der Waals surface area contributed by atoms with Gasteiger partial charge in [0.05, 0.1) is 12.0 Å². The van der Waals surface area contributed by atoms with Crippen molar-refractivity contribution in [3.63, 3.8) is 0 Å². The summed E-state index contributed by atoms with van der Waals surface area (Å²) >= 11 is 0. The van der Waals surface area contributed by atoms with Crippen LogP contribution in [0.1, 0.15) is 68.2 Å². The van der Waals surface area contributed by atoms with E-state index in [2.05, 4.69) is 28.8 Å². The Kier molecular flexibility index (Phi) is 5.37. The highest BCUT2D eigenvalue weighted by Gasteiger charge is 2.32. The number of aryl methyl sites for hydroxylation is 2. The average Bonchev–Trinajstić information content (AvgIpc) is 3.51. The van der Waals surface area contributed by atoms with Crippen molar-refractivity contribution < 1.29 is 9.59 Å². The molecule has 1 saturated carbocycles. The van der Waals surface area contributed by atoms with Crippen LogP contribution in [0.4, 0.5) is 4.79 Å². The smallest absolute Gasteiger partial charge is 0.317 e. The maximum absolute atomic E-state index is 12.8. The van der Waals surface area contributed by atoms with E-state index in [0.717, 1.165) is 38.6 Å². The molecule has 2 atom stereocenters. The van der Waals surface area contributed by atoms with Gasteiger partial charge in [0, 0.05) is 19.1 Å². The van der Waals surface area contributed by atoms with Crippen LogP contribution < -0.4 is 10.6 Å². The highest BCUT2D eigenvalue weighted by atomic mass is 16.2. The van der Waals surface area contributed by atoms with Crippen LogP contribution >= 0.6 is 0 Å². The van der Waals surface area contributed by atoms with Crippen LogP contribution in [0.25, 0.3) is 0 Å².